The van der Waals surface area contributed by atoms with E-state index in [-0.39, 0.29) is 17.7 Å². The molecule has 1 fully saturated rings. The van der Waals surface area contributed by atoms with Gasteiger partial charge in [-0.25, -0.2) is 0 Å². The number of nitrogens with zero attached hydrogens (tertiary/aromatic N) is 1. The molecule has 0 spiro atoms. The van der Waals surface area contributed by atoms with E-state index < -0.39 is 0 Å². The Morgan fingerprint density at radius 3 is 2.79 bits per heavy atom. The van der Waals surface area contributed by atoms with Crippen LogP contribution in [-0.2, 0) is 16.1 Å². The fourth-order valence-electron chi connectivity index (χ4n) is 3.95. The highest BCUT2D eigenvalue weighted by atomic mass is 32.1. The Kier molecular flexibility index (Phi) is 6.01. The lowest BCUT2D eigenvalue weighted by Crippen LogP contribution is -3.15. The van der Waals surface area contributed by atoms with E-state index in [0.29, 0.717) is 44.3 Å². The number of thiophene rings is 1. The van der Waals surface area contributed by atoms with Gasteiger partial charge < -0.3 is 25.0 Å². The predicted molar refractivity (Wildman–Crippen MR) is 110 cm³/mol. The number of benzene rings is 1. The van der Waals surface area contributed by atoms with Gasteiger partial charge in [0.25, 0.3) is 5.91 Å². The van der Waals surface area contributed by atoms with Crippen LogP contribution in [0.15, 0.2) is 35.7 Å². The van der Waals surface area contributed by atoms with E-state index in [9.17, 15) is 9.59 Å². The van der Waals surface area contributed by atoms with Crippen LogP contribution >= 0.6 is 11.3 Å². The van der Waals surface area contributed by atoms with E-state index in [1.807, 2.05) is 35.7 Å². The number of carbonyl (C=O) groups excluding carboxylic acids is 2. The Balaban J connectivity index is 1.54. The summed E-state index contributed by atoms with van der Waals surface area (Å²) in [4.78, 5) is 28.9. The zero-order valence-corrected chi connectivity index (χ0v) is 17.1. The number of hydrogen-bond acceptors (Lipinski definition) is 5. The number of amides is 2. The van der Waals surface area contributed by atoms with Crippen LogP contribution < -0.4 is 25.0 Å². The average Bonchev–Trinajstić information content (AvgIpc) is 3.25. The lowest BCUT2D eigenvalue weighted by Gasteiger charge is -2.30. The topological polar surface area (TPSA) is 86.3 Å². The highest BCUT2D eigenvalue weighted by molar-refractivity contribution is 7.09. The summed E-state index contributed by atoms with van der Waals surface area (Å²) in [6.07, 6.45) is 1.72. The molecule has 3 N–H and O–H groups in total. The lowest BCUT2D eigenvalue weighted by atomic mass is 9.97. The highest BCUT2D eigenvalue weighted by Gasteiger charge is 2.30. The number of likely N-dealkylation sites (tertiary alicyclic amines) is 1. The summed E-state index contributed by atoms with van der Waals surface area (Å²) in [5.74, 6) is 0.977. The quantitative estimate of drug-likeness (QED) is 0.731. The smallest absolute Gasteiger partial charge is 0.282 e. The van der Waals surface area contributed by atoms with Crippen LogP contribution in [0.1, 0.15) is 17.7 Å². The molecule has 7 nitrogen and oxygen atoms in total. The fraction of sp³-hybridized carbons (Fsp3) is 0.429. The summed E-state index contributed by atoms with van der Waals surface area (Å²) in [5.41, 5.74) is 6.28. The summed E-state index contributed by atoms with van der Waals surface area (Å²) in [7, 11) is 0. The summed E-state index contributed by atoms with van der Waals surface area (Å²) < 4.78 is 11.3. The standard InChI is InChI=1S/C21H25N3O4S/c22-21(26)15-3-1-7-23(12-15)14-20(25)24(13-17-4-2-10-29-17)16-5-6-18-19(11-16)28-9-8-27-18/h2,4-6,10-11,15H,1,3,7-9,12-14H2,(H2,22,26)/p+1/t15-/m1/s1. The SMILES string of the molecule is NC(=O)[C@@H]1CCC[NH+](CC(=O)N(Cc2cccs2)c2ccc3c(c2)OCCO3)C1. The molecule has 0 bridgehead atoms. The molecule has 8 heteroatoms. The molecule has 2 amide bonds. The van der Waals surface area contributed by atoms with Gasteiger partial charge in [0.05, 0.1) is 25.6 Å². The number of hydrogen-bond donors (Lipinski definition) is 2. The molecule has 1 aromatic heterocycles. The van der Waals surface area contributed by atoms with E-state index >= 15 is 0 Å². The molecule has 1 saturated heterocycles. The van der Waals surface area contributed by atoms with Crippen molar-refractivity contribution in [2.24, 2.45) is 11.7 Å². The first-order chi connectivity index (χ1) is 14.1. The van der Waals surface area contributed by atoms with Gasteiger partial charge in [-0.2, -0.15) is 0 Å². The minimum Gasteiger partial charge on any atom is -0.486 e. The second kappa shape index (κ2) is 8.84. The fourth-order valence-corrected chi connectivity index (χ4v) is 4.64. The lowest BCUT2D eigenvalue weighted by molar-refractivity contribution is -0.899. The zero-order valence-electron chi connectivity index (χ0n) is 16.3. The Morgan fingerprint density at radius 2 is 2.03 bits per heavy atom. The number of anilines is 1. The molecule has 1 unspecified atom stereocenters. The minimum atomic E-state index is -0.267. The van der Waals surface area contributed by atoms with Crippen molar-refractivity contribution < 1.29 is 24.0 Å². The molecule has 2 aromatic rings. The molecule has 1 aromatic carbocycles. The Bertz CT molecular complexity index is 871. The third-order valence-corrected chi connectivity index (χ3v) is 6.32. The number of piperidine rings is 1. The number of rotatable bonds is 6. The van der Waals surface area contributed by atoms with Crippen LogP contribution in [-0.4, -0.2) is 44.7 Å². The molecule has 0 saturated carbocycles. The molecule has 0 radical (unpaired) electrons. The molecule has 3 heterocycles. The van der Waals surface area contributed by atoms with Gasteiger partial charge in [0.2, 0.25) is 5.91 Å². The zero-order chi connectivity index (χ0) is 20.2. The average molecular weight is 417 g/mol. The van der Waals surface area contributed by atoms with E-state index in [1.165, 1.54) is 0 Å². The van der Waals surface area contributed by atoms with Crippen LogP contribution in [0.2, 0.25) is 0 Å². The van der Waals surface area contributed by atoms with Gasteiger partial charge in [-0.05, 0) is 36.4 Å². The van der Waals surface area contributed by atoms with Crippen molar-refractivity contribution in [2.45, 2.75) is 19.4 Å². The summed E-state index contributed by atoms with van der Waals surface area (Å²) in [6.45, 7) is 3.37. The van der Waals surface area contributed by atoms with Crippen molar-refractivity contribution in [3.8, 4) is 11.5 Å². The summed E-state index contributed by atoms with van der Waals surface area (Å²) >= 11 is 1.62. The van der Waals surface area contributed by atoms with Gasteiger partial charge in [0.15, 0.2) is 18.0 Å². The van der Waals surface area contributed by atoms with Gasteiger partial charge >= 0.3 is 0 Å². The van der Waals surface area contributed by atoms with Crippen LogP contribution in [0.5, 0.6) is 11.5 Å². The van der Waals surface area contributed by atoms with E-state index in [1.54, 1.807) is 16.2 Å². The maximum atomic E-state index is 13.3. The number of primary amides is 1. The molecule has 2 aliphatic heterocycles. The number of quaternary nitrogens is 1. The van der Waals surface area contributed by atoms with Crippen molar-refractivity contribution in [2.75, 3.05) is 37.7 Å². The van der Waals surface area contributed by atoms with Gasteiger partial charge in [-0.3, -0.25) is 9.59 Å². The predicted octanol–water partition coefficient (Wildman–Crippen LogP) is 0.833. The highest BCUT2D eigenvalue weighted by Crippen LogP contribution is 2.34. The van der Waals surface area contributed by atoms with Crippen LogP contribution in [0.25, 0.3) is 0 Å². The Morgan fingerprint density at radius 1 is 1.21 bits per heavy atom. The number of fused-ring (bicyclic) bond motifs is 1. The van der Waals surface area contributed by atoms with Gasteiger partial charge in [0.1, 0.15) is 13.2 Å². The van der Waals surface area contributed by atoms with Crippen molar-refractivity contribution in [3.05, 3.63) is 40.6 Å². The largest absolute Gasteiger partial charge is 0.486 e. The van der Waals surface area contributed by atoms with E-state index in [2.05, 4.69) is 0 Å². The van der Waals surface area contributed by atoms with E-state index in [4.69, 9.17) is 15.2 Å². The number of ether oxygens (including phenoxy) is 2. The third kappa shape index (κ3) is 4.71. The molecular weight excluding hydrogens is 390 g/mol. The monoisotopic (exact) mass is 416 g/mol. The number of nitrogens with two attached hydrogens (primary N) is 1. The first kappa shape index (κ1) is 19.7. The minimum absolute atomic E-state index is 0.0233. The van der Waals surface area contributed by atoms with Gasteiger partial charge in [-0.1, -0.05) is 6.07 Å². The Hall–Kier alpha value is -2.58. The maximum Gasteiger partial charge on any atom is 0.282 e. The first-order valence-electron chi connectivity index (χ1n) is 9.95. The molecule has 0 aliphatic carbocycles. The summed E-state index contributed by atoms with van der Waals surface area (Å²) in [5, 5.41) is 2.01. The second-order valence-electron chi connectivity index (χ2n) is 7.51. The van der Waals surface area contributed by atoms with E-state index in [0.717, 1.165) is 34.9 Å². The molecule has 4 rings (SSSR count). The van der Waals surface area contributed by atoms with Crippen LogP contribution in [0, 0.1) is 5.92 Å². The maximum absolute atomic E-state index is 13.3. The van der Waals surface area contributed by atoms with Crippen molar-refractivity contribution in [1.29, 1.82) is 0 Å². The molecule has 154 valence electrons. The van der Waals surface area contributed by atoms with Crippen LogP contribution in [0.4, 0.5) is 5.69 Å². The van der Waals surface area contributed by atoms with Crippen molar-refractivity contribution in [3.63, 3.8) is 0 Å². The van der Waals surface area contributed by atoms with Crippen LogP contribution in [0.3, 0.4) is 0 Å². The first-order valence-corrected chi connectivity index (χ1v) is 10.8. The second-order valence-corrected chi connectivity index (χ2v) is 8.54. The number of nitrogens with one attached hydrogen (secondary N) is 1. The van der Waals surface area contributed by atoms with Crippen molar-refractivity contribution in [1.82, 2.24) is 0 Å². The van der Waals surface area contributed by atoms with Crippen molar-refractivity contribution >= 4 is 28.8 Å². The normalized spacial score (nSPS) is 20.8. The third-order valence-electron chi connectivity index (χ3n) is 5.45. The number of carbonyl (C=O) groups is 2. The van der Waals surface area contributed by atoms with Gasteiger partial charge in [0, 0.05) is 16.6 Å². The summed E-state index contributed by atoms with van der Waals surface area (Å²) in [6, 6.07) is 9.64. The molecule has 2 atom stereocenters. The molecule has 29 heavy (non-hydrogen) atoms. The molecule has 2 aliphatic rings. The molecular formula is C21H26N3O4S+. The Labute approximate surface area is 174 Å². The van der Waals surface area contributed by atoms with Gasteiger partial charge in [-0.15, -0.1) is 11.3 Å².